The molecule has 8 nitrogen and oxygen atoms in total. The number of methoxy groups -OCH3 is 1. The lowest BCUT2D eigenvalue weighted by atomic mass is 9.99. The first-order chi connectivity index (χ1) is 8.36. The molecule has 0 aromatic heterocycles. The zero-order chi connectivity index (χ0) is 13.8. The van der Waals surface area contributed by atoms with Crippen LogP contribution in [-0.2, 0) is 24.5 Å². The number of carbonyl (C=O) groups is 2. The number of hydrogen-bond acceptors (Lipinski definition) is 5. The van der Waals surface area contributed by atoms with Crippen molar-refractivity contribution in [2.75, 3.05) is 26.7 Å². The molecule has 3 N–H and O–H groups in total. The monoisotopic (exact) mass is 279 g/mol. The average Bonchev–Trinajstić information content (AvgIpc) is 2.36. The SMILES string of the molecule is COC(=O)C1CCN(S(=O)(=O)NCC(N)=O)CC1. The number of rotatable bonds is 5. The van der Waals surface area contributed by atoms with E-state index in [-0.39, 0.29) is 25.0 Å². The minimum absolute atomic E-state index is 0.216. The van der Waals surface area contributed by atoms with E-state index in [4.69, 9.17) is 5.73 Å². The molecular weight excluding hydrogens is 262 g/mol. The van der Waals surface area contributed by atoms with Crippen LogP contribution in [0.5, 0.6) is 0 Å². The van der Waals surface area contributed by atoms with Crippen LogP contribution >= 0.6 is 0 Å². The molecule has 0 aliphatic carbocycles. The standard InChI is InChI=1S/C9H17N3O5S/c1-17-9(14)7-2-4-12(5-3-7)18(15,16)11-6-8(10)13/h7,11H,2-6H2,1H3,(H2,10,13). The fourth-order valence-electron chi connectivity index (χ4n) is 1.75. The average molecular weight is 279 g/mol. The van der Waals surface area contributed by atoms with Crippen molar-refractivity contribution in [2.45, 2.75) is 12.8 Å². The molecule has 104 valence electrons. The van der Waals surface area contributed by atoms with E-state index in [2.05, 4.69) is 9.46 Å². The molecule has 0 radical (unpaired) electrons. The van der Waals surface area contributed by atoms with E-state index < -0.39 is 22.7 Å². The van der Waals surface area contributed by atoms with Crippen molar-refractivity contribution in [2.24, 2.45) is 11.7 Å². The molecule has 0 unspecified atom stereocenters. The van der Waals surface area contributed by atoms with E-state index in [0.717, 1.165) is 0 Å². The summed E-state index contributed by atoms with van der Waals surface area (Å²) in [5.41, 5.74) is 4.86. The zero-order valence-electron chi connectivity index (χ0n) is 10.1. The van der Waals surface area contributed by atoms with Gasteiger partial charge >= 0.3 is 5.97 Å². The van der Waals surface area contributed by atoms with Gasteiger partial charge in [-0.15, -0.1) is 0 Å². The van der Waals surface area contributed by atoms with Crippen molar-refractivity contribution in [3.05, 3.63) is 0 Å². The predicted octanol–water partition coefficient (Wildman–Crippen LogP) is -1.81. The molecule has 0 saturated carbocycles. The molecule has 0 bridgehead atoms. The van der Waals surface area contributed by atoms with Crippen LogP contribution in [0.2, 0.25) is 0 Å². The van der Waals surface area contributed by atoms with Crippen LogP contribution in [0.15, 0.2) is 0 Å². The normalized spacial score (nSPS) is 18.5. The number of primary amides is 1. The van der Waals surface area contributed by atoms with Crippen LogP contribution < -0.4 is 10.5 Å². The lowest BCUT2D eigenvalue weighted by molar-refractivity contribution is -0.146. The Morgan fingerprint density at radius 1 is 1.39 bits per heavy atom. The second-order valence-electron chi connectivity index (χ2n) is 3.99. The van der Waals surface area contributed by atoms with Gasteiger partial charge in [0, 0.05) is 13.1 Å². The molecule has 0 atom stereocenters. The maximum absolute atomic E-state index is 11.7. The molecule has 1 heterocycles. The Morgan fingerprint density at radius 2 is 1.94 bits per heavy atom. The third-order valence-electron chi connectivity index (χ3n) is 2.76. The first-order valence-corrected chi connectivity index (χ1v) is 6.91. The van der Waals surface area contributed by atoms with Crippen LogP contribution in [-0.4, -0.2) is 51.3 Å². The Bertz CT molecular complexity index is 414. The van der Waals surface area contributed by atoms with Crippen molar-refractivity contribution in [3.63, 3.8) is 0 Å². The van der Waals surface area contributed by atoms with Crippen molar-refractivity contribution in [1.29, 1.82) is 0 Å². The van der Waals surface area contributed by atoms with Crippen molar-refractivity contribution in [3.8, 4) is 0 Å². The van der Waals surface area contributed by atoms with Gasteiger partial charge in [0.25, 0.3) is 10.2 Å². The molecule has 1 rings (SSSR count). The number of amides is 1. The third kappa shape index (κ3) is 3.93. The first-order valence-electron chi connectivity index (χ1n) is 5.47. The van der Waals surface area contributed by atoms with Gasteiger partial charge in [-0.3, -0.25) is 9.59 Å². The van der Waals surface area contributed by atoms with Crippen LogP contribution in [0.1, 0.15) is 12.8 Å². The smallest absolute Gasteiger partial charge is 0.308 e. The highest BCUT2D eigenvalue weighted by Gasteiger charge is 2.31. The largest absolute Gasteiger partial charge is 0.469 e. The van der Waals surface area contributed by atoms with Crippen molar-refractivity contribution >= 4 is 22.1 Å². The minimum atomic E-state index is -3.70. The predicted molar refractivity (Wildman–Crippen MR) is 62.4 cm³/mol. The fourth-order valence-corrected chi connectivity index (χ4v) is 2.95. The third-order valence-corrected chi connectivity index (χ3v) is 4.31. The van der Waals surface area contributed by atoms with E-state index in [9.17, 15) is 18.0 Å². The highest BCUT2D eigenvalue weighted by atomic mass is 32.2. The molecule has 1 aliphatic rings. The van der Waals surface area contributed by atoms with Gasteiger partial charge in [-0.05, 0) is 12.8 Å². The zero-order valence-corrected chi connectivity index (χ0v) is 10.9. The van der Waals surface area contributed by atoms with E-state index in [1.165, 1.54) is 11.4 Å². The highest BCUT2D eigenvalue weighted by molar-refractivity contribution is 7.87. The maximum Gasteiger partial charge on any atom is 0.308 e. The van der Waals surface area contributed by atoms with Crippen LogP contribution in [0.25, 0.3) is 0 Å². The van der Waals surface area contributed by atoms with E-state index >= 15 is 0 Å². The van der Waals surface area contributed by atoms with Crippen molar-refractivity contribution < 1.29 is 22.7 Å². The number of nitrogens with zero attached hydrogens (tertiary/aromatic N) is 1. The van der Waals surface area contributed by atoms with E-state index in [1.807, 2.05) is 0 Å². The van der Waals surface area contributed by atoms with Crippen LogP contribution in [0.3, 0.4) is 0 Å². The van der Waals surface area contributed by atoms with Gasteiger partial charge in [0.1, 0.15) is 0 Å². The van der Waals surface area contributed by atoms with Gasteiger partial charge in [-0.25, -0.2) is 0 Å². The summed E-state index contributed by atoms with van der Waals surface area (Å²) >= 11 is 0. The van der Waals surface area contributed by atoms with Crippen molar-refractivity contribution in [1.82, 2.24) is 9.03 Å². The summed E-state index contributed by atoms with van der Waals surface area (Å²) in [4.78, 5) is 21.8. The topological polar surface area (TPSA) is 119 Å². The summed E-state index contributed by atoms with van der Waals surface area (Å²) in [6, 6.07) is 0. The molecule has 1 amide bonds. The summed E-state index contributed by atoms with van der Waals surface area (Å²) in [6.45, 7) is 0.000980. The molecule has 0 spiro atoms. The van der Waals surface area contributed by atoms with Crippen LogP contribution in [0, 0.1) is 5.92 Å². The molecule has 1 fully saturated rings. The second-order valence-corrected chi connectivity index (χ2v) is 5.74. The summed E-state index contributed by atoms with van der Waals surface area (Å²) in [5, 5.41) is 0. The van der Waals surface area contributed by atoms with Gasteiger partial charge in [0.05, 0.1) is 19.6 Å². The Labute approximate surface area is 106 Å². The van der Waals surface area contributed by atoms with Gasteiger partial charge in [-0.2, -0.15) is 17.4 Å². The van der Waals surface area contributed by atoms with Gasteiger partial charge < -0.3 is 10.5 Å². The van der Waals surface area contributed by atoms with E-state index in [1.54, 1.807) is 0 Å². The Kier molecular flexibility index (Phi) is 5.05. The second kappa shape index (κ2) is 6.12. The number of nitrogens with one attached hydrogen (secondary N) is 1. The van der Waals surface area contributed by atoms with E-state index in [0.29, 0.717) is 12.8 Å². The molecule has 18 heavy (non-hydrogen) atoms. The Balaban J connectivity index is 2.51. The fraction of sp³-hybridized carbons (Fsp3) is 0.778. The summed E-state index contributed by atoms with van der Waals surface area (Å²) in [7, 11) is -2.40. The van der Waals surface area contributed by atoms with Gasteiger partial charge in [0.15, 0.2) is 0 Å². The number of esters is 1. The Morgan fingerprint density at radius 3 is 2.39 bits per heavy atom. The lowest BCUT2D eigenvalue weighted by Crippen LogP contribution is -2.47. The number of piperidine rings is 1. The Hall–Kier alpha value is -1.19. The lowest BCUT2D eigenvalue weighted by Gasteiger charge is -2.29. The summed E-state index contributed by atoms with van der Waals surface area (Å²) < 4.78 is 31.3. The van der Waals surface area contributed by atoms with Gasteiger partial charge in [-0.1, -0.05) is 0 Å². The molecular formula is C9H17N3O5S. The molecule has 0 aromatic carbocycles. The minimum Gasteiger partial charge on any atom is -0.469 e. The molecule has 9 heteroatoms. The number of hydrogen-bond donors (Lipinski definition) is 2. The summed E-state index contributed by atoms with van der Waals surface area (Å²) in [5.74, 6) is -1.34. The number of ether oxygens (including phenoxy) is 1. The van der Waals surface area contributed by atoms with Crippen LogP contribution in [0.4, 0.5) is 0 Å². The summed E-state index contributed by atoms with van der Waals surface area (Å²) in [6.07, 6.45) is 0.814. The number of carbonyl (C=O) groups excluding carboxylic acids is 2. The maximum atomic E-state index is 11.7. The first kappa shape index (κ1) is 14.9. The van der Waals surface area contributed by atoms with Gasteiger partial charge in [0.2, 0.25) is 5.91 Å². The molecule has 0 aromatic rings. The highest BCUT2D eigenvalue weighted by Crippen LogP contribution is 2.19. The number of nitrogens with two attached hydrogens (primary N) is 1. The molecule has 1 saturated heterocycles. The molecule has 1 aliphatic heterocycles. The quantitative estimate of drug-likeness (QED) is 0.575.